The summed E-state index contributed by atoms with van der Waals surface area (Å²) < 4.78 is 5.00. The fraction of sp³-hybridized carbons (Fsp3) is 0.304. The van der Waals surface area contributed by atoms with Crippen molar-refractivity contribution in [3.63, 3.8) is 0 Å². The molecule has 1 aliphatic carbocycles. The first-order valence-electron chi connectivity index (χ1n) is 10.1. The summed E-state index contributed by atoms with van der Waals surface area (Å²) in [6, 6.07) is 16.3. The van der Waals surface area contributed by atoms with Gasteiger partial charge in [0, 0.05) is 11.3 Å². The highest BCUT2D eigenvalue weighted by atomic mass is 16.5. The van der Waals surface area contributed by atoms with Crippen molar-refractivity contribution in [2.75, 3.05) is 18.5 Å². The number of hydrogen-bond acceptors (Lipinski definition) is 5. The van der Waals surface area contributed by atoms with E-state index in [4.69, 9.17) is 4.74 Å². The second kappa shape index (κ2) is 8.22. The third kappa shape index (κ3) is 4.28. The maximum atomic E-state index is 12.6. The number of para-hydroxylation sites is 1. The van der Waals surface area contributed by atoms with Gasteiger partial charge in [0.25, 0.3) is 11.8 Å². The van der Waals surface area contributed by atoms with Crippen LogP contribution in [-0.4, -0.2) is 47.4 Å². The van der Waals surface area contributed by atoms with Gasteiger partial charge in [-0.3, -0.25) is 19.3 Å². The van der Waals surface area contributed by atoms with E-state index >= 15 is 0 Å². The van der Waals surface area contributed by atoms with Gasteiger partial charge in [-0.1, -0.05) is 48.5 Å². The zero-order valence-electron chi connectivity index (χ0n) is 17.1. The highest BCUT2D eigenvalue weighted by molar-refractivity contribution is 6.09. The molecular formula is C23H23N3O5. The lowest BCUT2D eigenvalue weighted by molar-refractivity contribution is -0.150. The molecule has 2 aromatic rings. The van der Waals surface area contributed by atoms with E-state index in [1.54, 1.807) is 19.1 Å². The molecular weight excluding hydrogens is 398 g/mol. The third-order valence-corrected chi connectivity index (χ3v) is 5.63. The summed E-state index contributed by atoms with van der Waals surface area (Å²) in [5, 5.41) is 5.40. The molecule has 160 valence electrons. The summed E-state index contributed by atoms with van der Waals surface area (Å²) in [7, 11) is 0. The van der Waals surface area contributed by atoms with Crippen molar-refractivity contribution in [2.45, 2.75) is 25.3 Å². The molecule has 0 spiro atoms. The van der Waals surface area contributed by atoms with Crippen LogP contribution in [0.4, 0.5) is 10.5 Å². The minimum absolute atomic E-state index is 0.0976. The van der Waals surface area contributed by atoms with Gasteiger partial charge in [-0.2, -0.15) is 0 Å². The number of rotatable bonds is 7. The van der Waals surface area contributed by atoms with Gasteiger partial charge in [0.2, 0.25) is 0 Å². The van der Waals surface area contributed by atoms with Gasteiger partial charge in [-0.25, -0.2) is 4.79 Å². The Hall–Kier alpha value is -3.68. The maximum absolute atomic E-state index is 12.6. The van der Waals surface area contributed by atoms with E-state index in [9.17, 15) is 19.2 Å². The Balaban J connectivity index is 1.32. The molecule has 4 rings (SSSR count). The van der Waals surface area contributed by atoms with Crippen molar-refractivity contribution in [1.82, 2.24) is 10.2 Å². The molecule has 1 atom stereocenters. The first kappa shape index (κ1) is 20.6. The average molecular weight is 421 g/mol. The summed E-state index contributed by atoms with van der Waals surface area (Å²) in [4.78, 5) is 50.0. The predicted octanol–water partition coefficient (Wildman–Crippen LogP) is 2.56. The highest BCUT2D eigenvalue weighted by Gasteiger charge is 2.56. The lowest BCUT2D eigenvalue weighted by atomic mass is 9.96. The monoisotopic (exact) mass is 421 g/mol. The zero-order valence-corrected chi connectivity index (χ0v) is 17.1. The number of imide groups is 1. The molecule has 1 saturated carbocycles. The van der Waals surface area contributed by atoms with Gasteiger partial charge >= 0.3 is 12.0 Å². The van der Waals surface area contributed by atoms with E-state index in [0.717, 1.165) is 28.9 Å². The number of ether oxygens (including phenoxy) is 1. The molecule has 2 fully saturated rings. The predicted molar refractivity (Wildman–Crippen MR) is 113 cm³/mol. The van der Waals surface area contributed by atoms with Crippen LogP contribution in [0.3, 0.4) is 0 Å². The Morgan fingerprint density at radius 2 is 1.77 bits per heavy atom. The zero-order chi connectivity index (χ0) is 22.0. The Bertz CT molecular complexity index is 1030. The average Bonchev–Trinajstić information content (AvgIpc) is 3.59. The van der Waals surface area contributed by atoms with E-state index in [-0.39, 0.29) is 5.92 Å². The molecule has 2 aliphatic rings. The van der Waals surface area contributed by atoms with Crippen LogP contribution in [0, 0.1) is 5.92 Å². The van der Waals surface area contributed by atoms with Crippen LogP contribution < -0.4 is 10.6 Å². The second-order valence-electron chi connectivity index (χ2n) is 7.92. The number of hydrogen-bond donors (Lipinski definition) is 2. The minimum Gasteiger partial charge on any atom is -0.454 e. The second-order valence-corrected chi connectivity index (χ2v) is 7.92. The molecule has 8 heteroatoms. The quantitative estimate of drug-likeness (QED) is 0.528. The number of nitrogens with zero attached hydrogens (tertiary/aromatic N) is 1. The molecule has 1 saturated heterocycles. The van der Waals surface area contributed by atoms with Crippen LogP contribution in [0.5, 0.6) is 0 Å². The lowest BCUT2D eigenvalue weighted by Gasteiger charge is -2.20. The highest BCUT2D eigenvalue weighted by Crippen LogP contribution is 2.42. The van der Waals surface area contributed by atoms with E-state index in [2.05, 4.69) is 10.6 Å². The van der Waals surface area contributed by atoms with Crippen molar-refractivity contribution in [1.29, 1.82) is 0 Å². The standard InChI is InChI=1S/C23H23N3O5/c1-23(16-11-12-16)21(29)26(22(30)25-23)13-20(28)31-14-19(27)24-18-10-6-5-9-17(18)15-7-3-2-4-8-15/h2-10,16H,11-14H2,1H3,(H,24,27)(H,25,30)/t23-/m0/s1. The van der Waals surface area contributed by atoms with Crippen LogP contribution in [0.2, 0.25) is 0 Å². The first-order chi connectivity index (χ1) is 14.9. The topological polar surface area (TPSA) is 105 Å². The number of urea groups is 1. The molecule has 8 nitrogen and oxygen atoms in total. The van der Waals surface area contributed by atoms with Gasteiger partial charge in [0.05, 0.1) is 0 Å². The fourth-order valence-electron chi connectivity index (χ4n) is 3.77. The molecule has 2 N–H and O–H groups in total. The van der Waals surface area contributed by atoms with E-state index in [1.165, 1.54) is 0 Å². The normalized spacial score (nSPS) is 20.4. The Labute approximate surface area is 179 Å². The maximum Gasteiger partial charge on any atom is 0.326 e. The third-order valence-electron chi connectivity index (χ3n) is 5.63. The summed E-state index contributed by atoms with van der Waals surface area (Å²) >= 11 is 0. The summed E-state index contributed by atoms with van der Waals surface area (Å²) in [6.45, 7) is 0.625. The number of carbonyl (C=O) groups excluding carboxylic acids is 4. The van der Waals surface area contributed by atoms with Crippen molar-refractivity contribution in [2.24, 2.45) is 5.92 Å². The van der Waals surface area contributed by atoms with Gasteiger partial charge in [-0.15, -0.1) is 0 Å². The smallest absolute Gasteiger partial charge is 0.326 e. The Morgan fingerprint density at radius 3 is 2.48 bits per heavy atom. The molecule has 1 heterocycles. The van der Waals surface area contributed by atoms with Crippen molar-refractivity contribution in [3.05, 3.63) is 54.6 Å². The first-order valence-corrected chi connectivity index (χ1v) is 10.1. The van der Waals surface area contributed by atoms with Crippen LogP contribution in [0.15, 0.2) is 54.6 Å². The fourth-order valence-corrected chi connectivity index (χ4v) is 3.77. The number of carbonyl (C=O) groups is 4. The summed E-state index contributed by atoms with van der Waals surface area (Å²) in [5.74, 6) is -1.68. The number of nitrogens with one attached hydrogen (secondary N) is 2. The summed E-state index contributed by atoms with van der Waals surface area (Å²) in [5.41, 5.74) is 1.40. The Morgan fingerprint density at radius 1 is 1.10 bits per heavy atom. The van der Waals surface area contributed by atoms with Crippen LogP contribution >= 0.6 is 0 Å². The van der Waals surface area contributed by atoms with E-state index in [0.29, 0.717) is 5.69 Å². The van der Waals surface area contributed by atoms with Crippen LogP contribution in [0.1, 0.15) is 19.8 Å². The van der Waals surface area contributed by atoms with Crippen molar-refractivity contribution < 1.29 is 23.9 Å². The molecule has 1 aliphatic heterocycles. The van der Waals surface area contributed by atoms with E-state index < -0.39 is 42.5 Å². The van der Waals surface area contributed by atoms with Gasteiger partial charge in [0.15, 0.2) is 6.61 Å². The summed E-state index contributed by atoms with van der Waals surface area (Å²) in [6.07, 6.45) is 1.73. The molecule has 4 amide bonds. The SMILES string of the molecule is C[C@@]1(C2CC2)NC(=O)N(CC(=O)OCC(=O)Nc2ccccc2-c2ccccc2)C1=O. The lowest BCUT2D eigenvalue weighted by Crippen LogP contribution is -2.46. The van der Waals surface area contributed by atoms with Crippen molar-refractivity contribution >= 4 is 29.5 Å². The van der Waals surface area contributed by atoms with Gasteiger partial charge in [0.1, 0.15) is 12.1 Å². The van der Waals surface area contributed by atoms with Crippen LogP contribution in [0.25, 0.3) is 11.1 Å². The minimum atomic E-state index is -0.962. The van der Waals surface area contributed by atoms with Crippen molar-refractivity contribution in [3.8, 4) is 11.1 Å². The van der Waals surface area contributed by atoms with Gasteiger partial charge in [-0.05, 0) is 37.3 Å². The van der Waals surface area contributed by atoms with E-state index in [1.807, 2.05) is 42.5 Å². The number of anilines is 1. The molecule has 2 aromatic carbocycles. The largest absolute Gasteiger partial charge is 0.454 e. The molecule has 0 radical (unpaired) electrons. The molecule has 0 aromatic heterocycles. The number of amides is 4. The number of esters is 1. The van der Waals surface area contributed by atoms with Crippen LogP contribution in [-0.2, 0) is 19.1 Å². The van der Waals surface area contributed by atoms with Gasteiger partial charge < -0.3 is 15.4 Å². The molecule has 0 bridgehead atoms. The molecule has 0 unspecified atom stereocenters. The molecule has 31 heavy (non-hydrogen) atoms. The Kier molecular flexibility index (Phi) is 5.46. The number of benzene rings is 2.